The van der Waals surface area contributed by atoms with Crippen molar-refractivity contribution in [2.45, 2.75) is 21.9 Å². The molecule has 0 unspecified atom stereocenters. The predicted octanol–water partition coefficient (Wildman–Crippen LogP) is 6.31. The summed E-state index contributed by atoms with van der Waals surface area (Å²) in [7, 11) is 0. The third kappa shape index (κ3) is 9.18. The first-order chi connectivity index (χ1) is 20.9. The lowest BCUT2D eigenvalue weighted by atomic mass is 10.2. The van der Waals surface area contributed by atoms with Crippen LogP contribution in [0.25, 0.3) is 0 Å². The van der Waals surface area contributed by atoms with Gasteiger partial charge in [0.1, 0.15) is 12.4 Å². The van der Waals surface area contributed by atoms with Gasteiger partial charge in [-0.2, -0.15) is 5.10 Å². The molecule has 0 radical (unpaired) electrons. The Morgan fingerprint density at radius 3 is 2.72 bits per heavy atom. The fraction of sp³-hybridized carbons (Fsp3) is 0.111. The summed E-state index contributed by atoms with van der Waals surface area (Å²) in [6.07, 6.45) is 1.60. The number of thioether (sulfide) groups is 2. The Balaban J connectivity index is 1.08. The van der Waals surface area contributed by atoms with Gasteiger partial charge in [0, 0.05) is 20.8 Å². The maximum atomic E-state index is 12.5. The molecule has 43 heavy (non-hydrogen) atoms. The SMILES string of the molecule is Nn1c(N/N=C/c2ccccc2OCc2ccc(Cl)cc2)nnc1SCC(=O)Nc1nnc(SCc2cccc(Br)c2)s1. The highest BCUT2D eigenvalue weighted by atomic mass is 79.9. The van der Waals surface area contributed by atoms with Crippen LogP contribution in [0.3, 0.4) is 0 Å². The number of hydrogen-bond acceptors (Lipinski definition) is 12. The van der Waals surface area contributed by atoms with E-state index in [2.05, 4.69) is 58.2 Å². The molecule has 3 aromatic carbocycles. The Hall–Kier alpha value is -3.63. The molecule has 4 N–H and O–H groups in total. The van der Waals surface area contributed by atoms with Crippen LogP contribution in [-0.4, -0.2) is 42.9 Å². The molecule has 0 bridgehead atoms. The predicted molar refractivity (Wildman–Crippen MR) is 177 cm³/mol. The second kappa shape index (κ2) is 15.2. The van der Waals surface area contributed by atoms with Gasteiger partial charge in [-0.05, 0) is 47.5 Å². The van der Waals surface area contributed by atoms with Crippen LogP contribution < -0.4 is 21.3 Å². The quantitative estimate of drug-likeness (QED) is 0.0417. The molecule has 5 aromatic rings. The van der Waals surface area contributed by atoms with Gasteiger partial charge in [-0.25, -0.2) is 10.1 Å². The molecule has 220 valence electrons. The van der Waals surface area contributed by atoms with E-state index < -0.39 is 0 Å². The van der Waals surface area contributed by atoms with E-state index in [1.807, 2.05) is 66.7 Å². The van der Waals surface area contributed by atoms with Crippen LogP contribution in [0.4, 0.5) is 11.1 Å². The van der Waals surface area contributed by atoms with Crippen molar-refractivity contribution in [1.82, 2.24) is 25.1 Å². The summed E-state index contributed by atoms with van der Waals surface area (Å²) in [5, 5.41) is 24.7. The topological polar surface area (TPSA) is 145 Å². The molecule has 1 amide bonds. The number of nitrogens with zero attached hydrogens (tertiary/aromatic N) is 6. The summed E-state index contributed by atoms with van der Waals surface area (Å²) in [5.74, 6) is 7.50. The Morgan fingerprint density at radius 2 is 1.88 bits per heavy atom. The van der Waals surface area contributed by atoms with Crippen LogP contribution >= 0.6 is 62.4 Å². The molecule has 0 saturated carbocycles. The number of benzene rings is 3. The molecule has 0 saturated heterocycles. The molecule has 5 rings (SSSR count). The van der Waals surface area contributed by atoms with Gasteiger partial charge in [0.25, 0.3) is 5.95 Å². The number of anilines is 2. The lowest BCUT2D eigenvalue weighted by Crippen LogP contribution is -2.16. The van der Waals surface area contributed by atoms with E-state index >= 15 is 0 Å². The molecule has 11 nitrogen and oxygen atoms in total. The van der Waals surface area contributed by atoms with Crippen LogP contribution in [0.2, 0.25) is 5.02 Å². The first-order valence-corrected chi connectivity index (χ1v) is 16.5. The smallest absolute Gasteiger partial charge is 0.264 e. The molecule has 2 aromatic heterocycles. The normalized spacial score (nSPS) is 11.1. The number of nitrogen functional groups attached to an aromatic ring is 1. The molecule has 0 aliphatic carbocycles. The first-order valence-electron chi connectivity index (χ1n) is 12.5. The number of carbonyl (C=O) groups excluding carboxylic acids is 1. The largest absolute Gasteiger partial charge is 0.488 e. The van der Waals surface area contributed by atoms with E-state index in [1.54, 1.807) is 18.0 Å². The molecule has 2 heterocycles. The van der Waals surface area contributed by atoms with E-state index in [9.17, 15) is 4.79 Å². The van der Waals surface area contributed by atoms with Gasteiger partial charge >= 0.3 is 0 Å². The van der Waals surface area contributed by atoms with Crippen molar-refractivity contribution in [3.05, 3.63) is 99.0 Å². The number of rotatable bonds is 13. The van der Waals surface area contributed by atoms with Crippen molar-refractivity contribution in [3.8, 4) is 5.75 Å². The minimum Gasteiger partial charge on any atom is -0.488 e. The maximum Gasteiger partial charge on any atom is 0.264 e. The fourth-order valence-electron chi connectivity index (χ4n) is 3.45. The molecule has 16 heteroatoms. The number of nitrogens with one attached hydrogen (secondary N) is 2. The Kier molecular flexibility index (Phi) is 10.9. The van der Waals surface area contributed by atoms with Crippen molar-refractivity contribution < 1.29 is 9.53 Å². The average Bonchev–Trinajstić information content (AvgIpc) is 3.61. The summed E-state index contributed by atoms with van der Waals surface area (Å²) in [5.41, 5.74) is 5.68. The van der Waals surface area contributed by atoms with Crippen molar-refractivity contribution in [2.75, 3.05) is 22.3 Å². The second-order valence-corrected chi connectivity index (χ2v) is 13.1. The fourth-order valence-corrected chi connectivity index (χ4v) is 6.39. The van der Waals surface area contributed by atoms with Crippen LogP contribution in [0.1, 0.15) is 16.7 Å². The van der Waals surface area contributed by atoms with Crippen LogP contribution in [0, 0.1) is 0 Å². The van der Waals surface area contributed by atoms with Gasteiger partial charge in [0.15, 0.2) is 4.34 Å². The third-order valence-electron chi connectivity index (χ3n) is 5.50. The van der Waals surface area contributed by atoms with Crippen molar-refractivity contribution >= 4 is 85.6 Å². The average molecular weight is 717 g/mol. The van der Waals surface area contributed by atoms with Gasteiger partial charge in [-0.1, -0.05) is 98.8 Å². The molecule has 0 atom stereocenters. The Morgan fingerprint density at radius 1 is 1.05 bits per heavy atom. The van der Waals surface area contributed by atoms with Gasteiger partial charge < -0.3 is 10.6 Å². The number of ether oxygens (including phenoxy) is 1. The van der Waals surface area contributed by atoms with Crippen LogP contribution in [0.5, 0.6) is 5.75 Å². The number of amides is 1. The highest BCUT2D eigenvalue weighted by Gasteiger charge is 2.14. The van der Waals surface area contributed by atoms with Crippen molar-refractivity contribution in [2.24, 2.45) is 5.10 Å². The number of hydrogen-bond donors (Lipinski definition) is 3. The number of carbonyl (C=O) groups is 1. The highest BCUT2D eigenvalue weighted by Crippen LogP contribution is 2.29. The summed E-state index contributed by atoms with van der Waals surface area (Å²) >= 11 is 13.4. The molecule has 0 aliphatic heterocycles. The van der Waals surface area contributed by atoms with Crippen molar-refractivity contribution in [1.29, 1.82) is 0 Å². The van der Waals surface area contributed by atoms with Gasteiger partial charge in [0.05, 0.1) is 12.0 Å². The molecule has 0 spiro atoms. The number of halogens is 2. The van der Waals surface area contributed by atoms with Gasteiger partial charge in [-0.3, -0.25) is 10.1 Å². The van der Waals surface area contributed by atoms with E-state index in [1.165, 1.54) is 16.0 Å². The van der Waals surface area contributed by atoms with Crippen molar-refractivity contribution in [3.63, 3.8) is 0 Å². The Labute approximate surface area is 272 Å². The summed E-state index contributed by atoms with van der Waals surface area (Å²) in [4.78, 5) is 12.5. The highest BCUT2D eigenvalue weighted by molar-refractivity contribution is 9.10. The van der Waals surface area contributed by atoms with Gasteiger partial charge in [-0.15, -0.1) is 20.4 Å². The summed E-state index contributed by atoms with van der Waals surface area (Å²) in [6.45, 7) is 0.381. The molecular formula is C27H23BrClN9O2S3. The molecule has 0 fully saturated rings. The molecule has 0 aliphatic rings. The van der Waals surface area contributed by atoms with E-state index in [-0.39, 0.29) is 17.6 Å². The zero-order valence-electron chi connectivity index (χ0n) is 22.2. The number of aromatic nitrogens is 5. The van der Waals surface area contributed by atoms with E-state index in [4.69, 9.17) is 22.2 Å². The summed E-state index contributed by atoms with van der Waals surface area (Å²) < 4.78 is 8.96. The van der Waals surface area contributed by atoms with Crippen LogP contribution in [0.15, 0.2) is 91.9 Å². The zero-order chi connectivity index (χ0) is 30.0. The van der Waals surface area contributed by atoms with Crippen LogP contribution in [-0.2, 0) is 17.2 Å². The Bertz CT molecular complexity index is 1720. The third-order valence-corrected chi connectivity index (χ3v) is 9.23. The maximum absolute atomic E-state index is 12.5. The van der Waals surface area contributed by atoms with E-state index in [0.29, 0.717) is 27.7 Å². The first kappa shape index (κ1) is 30.8. The van der Waals surface area contributed by atoms with E-state index in [0.717, 1.165) is 43.0 Å². The second-order valence-electron chi connectivity index (χ2n) is 8.63. The van der Waals surface area contributed by atoms with Gasteiger partial charge in [0.2, 0.25) is 16.2 Å². The monoisotopic (exact) mass is 715 g/mol. The molecular weight excluding hydrogens is 694 g/mol. The minimum absolute atomic E-state index is 0.0526. The standard InChI is InChI=1S/C27H23BrClN9O2S3/c28-20-6-3-4-18(12-20)15-42-27-37-35-25(43-27)32-23(39)16-41-26-36-34-24(38(26)30)33-31-13-19-5-1-2-7-22(19)40-14-17-8-10-21(29)11-9-17/h1-13H,14-16,30H2,(H,33,34)(H,32,35,39)/b31-13+. The number of hydrazone groups is 1. The lowest BCUT2D eigenvalue weighted by molar-refractivity contribution is -0.113. The zero-order valence-corrected chi connectivity index (χ0v) is 27.0. The number of nitrogens with two attached hydrogens (primary N) is 1. The minimum atomic E-state index is -0.268. The number of para-hydroxylation sites is 1. The summed E-state index contributed by atoms with van der Waals surface area (Å²) in [6, 6.07) is 23.0. The lowest BCUT2D eigenvalue weighted by Gasteiger charge is -2.09.